The molecular weight excluding hydrogens is 420 g/mol. The molecule has 1 heterocycles. The van der Waals surface area contributed by atoms with Crippen LogP contribution in [0, 0.1) is 0 Å². The molecule has 8 nitrogen and oxygen atoms in total. The first-order valence-corrected chi connectivity index (χ1v) is 10.4. The summed E-state index contributed by atoms with van der Waals surface area (Å²) in [6.45, 7) is 2.45. The second kappa shape index (κ2) is 9.78. The largest absolute Gasteiger partial charge is 0.504 e. The molecule has 0 unspecified atom stereocenters. The molecule has 2 N–H and O–H groups in total. The summed E-state index contributed by atoms with van der Waals surface area (Å²) in [4.78, 5) is 25.9. The van der Waals surface area contributed by atoms with E-state index in [9.17, 15) is 14.7 Å². The third-order valence-corrected chi connectivity index (χ3v) is 4.96. The zero-order valence-electron chi connectivity index (χ0n) is 17.9. The summed E-state index contributed by atoms with van der Waals surface area (Å²) in [5.41, 5.74) is 3.49. The van der Waals surface area contributed by atoms with Crippen molar-refractivity contribution in [3.05, 3.63) is 100.0 Å². The molecule has 1 aromatic heterocycles. The van der Waals surface area contributed by atoms with Crippen molar-refractivity contribution < 1.29 is 14.6 Å². The topological polar surface area (TPSA) is 106 Å². The summed E-state index contributed by atoms with van der Waals surface area (Å²) in [5, 5.41) is 19.4. The van der Waals surface area contributed by atoms with E-state index in [1.165, 1.54) is 10.9 Å². The third-order valence-electron chi connectivity index (χ3n) is 4.96. The van der Waals surface area contributed by atoms with Crippen LogP contribution in [0.5, 0.6) is 11.5 Å². The van der Waals surface area contributed by atoms with Crippen molar-refractivity contribution in [2.24, 2.45) is 5.10 Å². The molecule has 33 heavy (non-hydrogen) atoms. The summed E-state index contributed by atoms with van der Waals surface area (Å²) in [6, 6.07) is 21.2. The Balaban J connectivity index is 1.64. The van der Waals surface area contributed by atoms with Crippen molar-refractivity contribution in [2.75, 3.05) is 6.61 Å². The van der Waals surface area contributed by atoms with Gasteiger partial charge in [-0.2, -0.15) is 10.2 Å². The van der Waals surface area contributed by atoms with Crippen molar-refractivity contribution in [1.29, 1.82) is 0 Å². The van der Waals surface area contributed by atoms with Crippen LogP contribution in [0.2, 0.25) is 0 Å². The van der Waals surface area contributed by atoms with Crippen LogP contribution in [0.15, 0.2) is 82.7 Å². The zero-order chi connectivity index (χ0) is 23.2. The SMILES string of the molecule is CCOc1cccc(/C=N\NC(=O)c2nn(Cc3ccccc3)c(=O)c3ccccc23)c1O. The van der Waals surface area contributed by atoms with Gasteiger partial charge in [-0.1, -0.05) is 54.6 Å². The first-order valence-electron chi connectivity index (χ1n) is 10.4. The minimum absolute atomic E-state index is 0.0719. The minimum atomic E-state index is -0.579. The molecule has 0 atom stereocenters. The van der Waals surface area contributed by atoms with Crippen LogP contribution in [-0.2, 0) is 6.54 Å². The van der Waals surface area contributed by atoms with E-state index in [2.05, 4.69) is 15.6 Å². The van der Waals surface area contributed by atoms with Crippen molar-refractivity contribution >= 4 is 22.9 Å². The fourth-order valence-corrected chi connectivity index (χ4v) is 3.40. The number of benzene rings is 3. The van der Waals surface area contributed by atoms with Crippen LogP contribution < -0.4 is 15.7 Å². The first kappa shape index (κ1) is 21.8. The number of aromatic hydroxyl groups is 1. The number of nitrogens with one attached hydrogen (secondary N) is 1. The van der Waals surface area contributed by atoms with E-state index in [1.54, 1.807) is 42.5 Å². The fourth-order valence-electron chi connectivity index (χ4n) is 3.40. The van der Waals surface area contributed by atoms with Crippen LogP contribution in [-0.4, -0.2) is 33.6 Å². The number of fused-ring (bicyclic) bond motifs is 1. The molecule has 0 saturated carbocycles. The molecule has 0 spiro atoms. The molecule has 0 radical (unpaired) electrons. The summed E-state index contributed by atoms with van der Waals surface area (Å²) in [6.07, 6.45) is 1.32. The van der Waals surface area contributed by atoms with E-state index in [1.807, 2.05) is 37.3 Å². The summed E-state index contributed by atoms with van der Waals surface area (Å²) >= 11 is 0. The Morgan fingerprint density at radius 1 is 1.06 bits per heavy atom. The number of rotatable bonds is 7. The van der Waals surface area contributed by atoms with Gasteiger partial charge in [0.2, 0.25) is 0 Å². The number of phenolic OH excluding ortho intramolecular Hbond substituents is 1. The number of hydrogen-bond acceptors (Lipinski definition) is 6. The van der Waals surface area contributed by atoms with Gasteiger partial charge in [-0.25, -0.2) is 10.1 Å². The lowest BCUT2D eigenvalue weighted by atomic mass is 10.1. The number of ether oxygens (including phenoxy) is 1. The number of hydrazone groups is 1. The Kier molecular flexibility index (Phi) is 6.45. The average molecular weight is 442 g/mol. The van der Waals surface area contributed by atoms with Gasteiger partial charge in [0.05, 0.1) is 24.8 Å². The Labute approximate surface area is 189 Å². The van der Waals surface area contributed by atoms with Crippen molar-refractivity contribution in [2.45, 2.75) is 13.5 Å². The Hall–Kier alpha value is -4.46. The molecule has 4 aromatic rings. The van der Waals surface area contributed by atoms with Gasteiger partial charge in [-0.15, -0.1) is 0 Å². The van der Waals surface area contributed by atoms with Gasteiger partial charge < -0.3 is 9.84 Å². The number of carbonyl (C=O) groups is 1. The summed E-state index contributed by atoms with van der Waals surface area (Å²) < 4.78 is 6.63. The molecular formula is C25H22N4O4. The highest BCUT2D eigenvalue weighted by Crippen LogP contribution is 2.28. The standard InChI is InChI=1S/C25H22N4O4/c1-2-33-21-14-8-11-18(23(21)30)15-26-27-24(31)22-19-12-6-7-13-20(19)25(32)29(28-22)16-17-9-4-3-5-10-17/h3-15,30H,2,16H2,1H3,(H,27,31)/b26-15-. The Bertz CT molecular complexity index is 1380. The fraction of sp³-hybridized carbons (Fsp3) is 0.120. The van der Waals surface area contributed by atoms with E-state index in [4.69, 9.17) is 4.74 Å². The molecule has 3 aromatic carbocycles. The second-order valence-corrected chi connectivity index (χ2v) is 7.17. The number of nitrogens with zero attached hydrogens (tertiary/aromatic N) is 3. The zero-order valence-corrected chi connectivity index (χ0v) is 17.9. The van der Waals surface area contributed by atoms with Crippen LogP contribution in [0.1, 0.15) is 28.5 Å². The number of hydrogen-bond donors (Lipinski definition) is 2. The lowest BCUT2D eigenvalue weighted by molar-refractivity contribution is 0.0949. The normalized spacial score (nSPS) is 11.1. The van der Waals surface area contributed by atoms with E-state index < -0.39 is 5.91 Å². The highest BCUT2D eigenvalue weighted by Gasteiger charge is 2.16. The lowest BCUT2D eigenvalue weighted by Gasteiger charge is -2.10. The maximum Gasteiger partial charge on any atom is 0.292 e. The molecule has 4 rings (SSSR count). The van der Waals surface area contributed by atoms with Crippen LogP contribution in [0.25, 0.3) is 10.8 Å². The Morgan fingerprint density at radius 3 is 2.55 bits per heavy atom. The van der Waals surface area contributed by atoms with Crippen molar-refractivity contribution in [3.63, 3.8) is 0 Å². The Morgan fingerprint density at radius 2 is 1.79 bits per heavy atom. The monoisotopic (exact) mass is 442 g/mol. The highest BCUT2D eigenvalue weighted by atomic mass is 16.5. The van der Waals surface area contributed by atoms with Gasteiger partial charge in [0.1, 0.15) is 0 Å². The summed E-state index contributed by atoms with van der Waals surface area (Å²) in [5.74, 6) is -0.324. The average Bonchev–Trinajstić information content (AvgIpc) is 2.84. The van der Waals surface area contributed by atoms with E-state index in [-0.39, 0.29) is 23.5 Å². The molecule has 0 fully saturated rings. The minimum Gasteiger partial charge on any atom is -0.504 e. The third kappa shape index (κ3) is 4.74. The molecule has 1 amide bonds. The second-order valence-electron chi connectivity index (χ2n) is 7.17. The first-order chi connectivity index (χ1) is 16.1. The van der Waals surface area contributed by atoms with Crippen molar-refractivity contribution in [1.82, 2.24) is 15.2 Å². The molecule has 0 bridgehead atoms. The van der Waals surface area contributed by atoms with Crippen LogP contribution in [0.4, 0.5) is 0 Å². The molecule has 0 aliphatic carbocycles. The van der Waals surface area contributed by atoms with Gasteiger partial charge in [0.25, 0.3) is 11.5 Å². The number of amides is 1. The van der Waals surface area contributed by atoms with Gasteiger partial charge in [-0.05, 0) is 30.7 Å². The number of carbonyl (C=O) groups excluding carboxylic acids is 1. The van der Waals surface area contributed by atoms with Crippen LogP contribution >= 0.6 is 0 Å². The molecule has 0 saturated heterocycles. The molecule has 8 heteroatoms. The predicted molar refractivity (Wildman–Crippen MR) is 126 cm³/mol. The maximum atomic E-state index is 12.9. The molecule has 166 valence electrons. The predicted octanol–water partition coefficient (Wildman–Crippen LogP) is 3.31. The highest BCUT2D eigenvalue weighted by molar-refractivity contribution is 6.05. The van der Waals surface area contributed by atoms with Gasteiger partial charge >= 0.3 is 0 Å². The van der Waals surface area contributed by atoms with Crippen molar-refractivity contribution in [3.8, 4) is 11.5 Å². The van der Waals surface area contributed by atoms with Gasteiger partial charge in [-0.3, -0.25) is 9.59 Å². The number of aromatic nitrogens is 2. The lowest BCUT2D eigenvalue weighted by Crippen LogP contribution is -2.29. The van der Waals surface area contributed by atoms with E-state index >= 15 is 0 Å². The van der Waals surface area contributed by atoms with E-state index in [0.717, 1.165) is 5.56 Å². The molecule has 0 aliphatic rings. The van der Waals surface area contributed by atoms with Gasteiger partial charge in [0, 0.05) is 10.9 Å². The van der Waals surface area contributed by atoms with Crippen LogP contribution in [0.3, 0.4) is 0 Å². The van der Waals surface area contributed by atoms with E-state index in [0.29, 0.717) is 28.7 Å². The smallest absolute Gasteiger partial charge is 0.292 e. The quantitative estimate of drug-likeness (QED) is 0.337. The summed E-state index contributed by atoms with van der Waals surface area (Å²) in [7, 11) is 0. The molecule has 0 aliphatic heterocycles. The number of phenols is 1. The maximum absolute atomic E-state index is 12.9. The van der Waals surface area contributed by atoms with Gasteiger partial charge in [0.15, 0.2) is 17.2 Å². The number of para-hydroxylation sites is 1.